The van der Waals surface area contributed by atoms with Crippen molar-refractivity contribution >= 4 is 15.8 Å². The average molecular weight is 307 g/mol. The van der Waals surface area contributed by atoms with Gasteiger partial charge in [-0.25, -0.2) is 0 Å². The van der Waals surface area contributed by atoms with Gasteiger partial charge >= 0.3 is 0 Å². The van der Waals surface area contributed by atoms with E-state index in [1.807, 2.05) is 30.3 Å². The van der Waals surface area contributed by atoms with E-state index in [9.17, 15) is 13.0 Å². The number of azo groups is 1. The first-order valence-electron chi connectivity index (χ1n) is 6.34. The van der Waals surface area contributed by atoms with Crippen LogP contribution in [0, 0.1) is 0 Å². The van der Waals surface area contributed by atoms with Crippen LogP contribution in [-0.2, 0) is 10.1 Å². The molecule has 0 atom stereocenters. The molecule has 6 nitrogen and oxygen atoms in total. The lowest BCUT2D eigenvalue weighted by molar-refractivity contribution is 0.312. The lowest BCUT2D eigenvalue weighted by Gasteiger charge is -2.33. The van der Waals surface area contributed by atoms with Crippen LogP contribution in [0.15, 0.2) is 64.9 Å². The van der Waals surface area contributed by atoms with Gasteiger partial charge in [-0.1, -0.05) is 30.4 Å². The molecule has 0 saturated carbocycles. The van der Waals surface area contributed by atoms with Crippen molar-refractivity contribution in [1.82, 2.24) is 4.90 Å². The zero-order valence-electron chi connectivity index (χ0n) is 11.8. The van der Waals surface area contributed by atoms with E-state index in [1.54, 1.807) is 26.2 Å². The van der Waals surface area contributed by atoms with Crippen LogP contribution < -0.4 is 0 Å². The van der Waals surface area contributed by atoms with E-state index in [0.29, 0.717) is 0 Å². The van der Waals surface area contributed by atoms with E-state index < -0.39 is 15.0 Å². The summed E-state index contributed by atoms with van der Waals surface area (Å²) in [5.41, 5.74) is 0.721. The minimum atomic E-state index is -4.30. The molecule has 0 unspecified atom stereocenters. The molecule has 112 valence electrons. The lowest BCUT2D eigenvalue weighted by Crippen LogP contribution is -2.48. The smallest absolute Gasteiger partial charge is 0.284 e. The Labute approximate surface area is 124 Å². The van der Waals surface area contributed by atoms with Crippen molar-refractivity contribution < 1.29 is 13.0 Å². The standard InChI is InChI=1S/C14H17N3O3S/c1-17(2)14(21(18,19)20)10-8-13(9-11-14)16-15-12-6-4-3-5-7-12/h3-11,13H,1-2H3,(H,18,19,20)/b16-15+. The van der Waals surface area contributed by atoms with Crippen molar-refractivity contribution in [2.75, 3.05) is 14.1 Å². The van der Waals surface area contributed by atoms with Crippen molar-refractivity contribution in [3.63, 3.8) is 0 Å². The zero-order chi connectivity index (χ0) is 15.5. The quantitative estimate of drug-likeness (QED) is 0.526. The highest BCUT2D eigenvalue weighted by molar-refractivity contribution is 7.87. The van der Waals surface area contributed by atoms with Crippen LogP contribution in [0.2, 0.25) is 0 Å². The Morgan fingerprint density at radius 3 is 2.19 bits per heavy atom. The summed E-state index contributed by atoms with van der Waals surface area (Å²) in [4.78, 5) is -0.133. The van der Waals surface area contributed by atoms with Crippen molar-refractivity contribution in [3.05, 3.63) is 54.6 Å². The minimum Gasteiger partial charge on any atom is -0.284 e. The first-order valence-corrected chi connectivity index (χ1v) is 7.78. The molecule has 0 heterocycles. The van der Waals surface area contributed by atoms with Gasteiger partial charge in [0.25, 0.3) is 10.1 Å². The molecule has 0 amide bonds. The molecule has 1 N–H and O–H groups in total. The summed E-state index contributed by atoms with van der Waals surface area (Å²) in [5, 5.41) is 8.20. The monoisotopic (exact) mass is 307 g/mol. The van der Waals surface area contributed by atoms with Crippen LogP contribution in [0.4, 0.5) is 5.69 Å². The van der Waals surface area contributed by atoms with Gasteiger partial charge in [0, 0.05) is 0 Å². The molecule has 0 radical (unpaired) electrons. The fraction of sp³-hybridized carbons (Fsp3) is 0.286. The number of hydrogen-bond donors (Lipinski definition) is 1. The third-order valence-electron chi connectivity index (χ3n) is 3.24. The van der Waals surface area contributed by atoms with E-state index in [4.69, 9.17) is 0 Å². The SMILES string of the molecule is CN(C)C1(S(=O)(=O)O)C=CC(/N=N/c2ccccc2)C=C1. The Bertz CT molecular complexity index is 665. The first kappa shape index (κ1) is 15.6. The maximum Gasteiger partial charge on any atom is 0.291 e. The second-order valence-electron chi connectivity index (χ2n) is 4.88. The molecule has 0 saturated heterocycles. The van der Waals surface area contributed by atoms with E-state index >= 15 is 0 Å². The van der Waals surface area contributed by atoms with E-state index in [2.05, 4.69) is 10.2 Å². The maximum absolute atomic E-state index is 11.6. The topological polar surface area (TPSA) is 82.3 Å². The molecule has 0 aliphatic heterocycles. The van der Waals surface area contributed by atoms with Crippen LogP contribution >= 0.6 is 0 Å². The molecule has 0 aromatic heterocycles. The maximum atomic E-state index is 11.6. The van der Waals surface area contributed by atoms with Crippen molar-refractivity contribution in [2.45, 2.75) is 10.9 Å². The highest BCUT2D eigenvalue weighted by Crippen LogP contribution is 2.27. The molecule has 1 aromatic carbocycles. The molecule has 0 bridgehead atoms. The number of nitrogens with zero attached hydrogens (tertiary/aromatic N) is 3. The molecule has 0 spiro atoms. The largest absolute Gasteiger partial charge is 0.291 e. The van der Waals surface area contributed by atoms with Gasteiger partial charge in [-0.3, -0.25) is 9.45 Å². The summed E-state index contributed by atoms with van der Waals surface area (Å²) in [6.07, 6.45) is 6.02. The second kappa shape index (κ2) is 5.88. The zero-order valence-corrected chi connectivity index (χ0v) is 12.6. The highest BCUT2D eigenvalue weighted by atomic mass is 32.2. The van der Waals surface area contributed by atoms with Gasteiger partial charge in [0.15, 0.2) is 4.87 Å². The predicted molar refractivity (Wildman–Crippen MR) is 81.0 cm³/mol. The van der Waals surface area contributed by atoms with Gasteiger partial charge in [0.05, 0.1) is 5.69 Å². The van der Waals surface area contributed by atoms with Gasteiger partial charge in [-0.2, -0.15) is 18.6 Å². The van der Waals surface area contributed by atoms with Gasteiger partial charge in [-0.05, 0) is 38.4 Å². The van der Waals surface area contributed by atoms with Gasteiger partial charge in [-0.15, -0.1) is 0 Å². The summed E-state index contributed by atoms with van der Waals surface area (Å²) >= 11 is 0. The molecule has 1 aliphatic rings. The number of benzene rings is 1. The van der Waals surface area contributed by atoms with E-state index in [0.717, 1.165) is 5.69 Å². The summed E-state index contributed by atoms with van der Waals surface area (Å²) in [6.45, 7) is 0. The Morgan fingerprint density at radius 2 is 1.71 bits per heavy atom. The minimum absolute atomic E-state index is 0.361. The van der Waals surface area contributed by atoms with Crippen molar-refractivity contribution in [3.8, 4) is 0 Å². The Kier molecular flexibility index (Phi) is 4.36. The molecular formula is C14H17N3O3S. The van der Waals surface area contributed by atoms with Gasteiger partial charge in [0.2, 0.25) is 0 Å². The third kappa shape index (κ3) is 3.26. The predicted octanol–water partition coefficient (Wildman–Crippen LogP) is 2.41. The summed E-state index contributed by atoms with van der Waals surface area (Å²) in [6, 6.07) is 8.88. The molecular weight excluding hydrogens is 290 g/mol. The van der Waals surface area contributed by atoms with Crippen LogP contribution in [0.25, 0.3) is 0 Å². The Hall–Kier alpha value is -1.83. The molecule has 1 aliphatic carbocycles. The number of hydrogen-bond acceptors (Lipinski definition) is 5. The molecule has 2 rings (SSSR count). The molecule has 21 heavy (non-hydrogen) atoms. The van der Waals surface area contributed by atoms with Crippen LogP contribution in [0.5, 0.6) is 0 Å². The fourth-order valence-electron chi connectivity index (χ4n) is 2.00. The van der Waals surface area contributed by atoms with Crippen LogP contribution in [-0.4, -0.2) is 42.9 Å². The molecule has 7 heteroatoms. The van der Waals surface area contributed by atoms with Crippen molar-refractivity contribution in [2.24, 2.45) is 10.2 Å². The average Bonchev–Trinajstić information content (AvgIpc) is 2.45. The fourth-order valence-corrected chi connectivity index (χ4v) is 2.96. The summed E-state index contributed by atoms with van der Waals surface area (Å²) in [5.74, 6) is 0. The summed E-state index contributed by atoms with van der Waals surface area (Å²) < 4.78 is 32.6. The van der Waals surface area contributed by atoms with Crippen LogP contribution in [0.1, 0.15) is 0 Å². The highest BCUT2D eigenvalue weighted by Gasteiger charge is 2.42. The van der Waals surface area contributed by atoms with E-state index in [-0.39, 0.29) is 6.04 Å². The number of likely N-dealkylation sites (N-methyl/N-ethyl adjacent to an activating group) is 1. The second-order valence-corrected chi connectivity index (χ2v) is 6.49. The van der Waals surface area contributed by atoms with Gasteiger partial charge in [0.1, 0.15) is 6.04 Å². The lowest BCUT2D eigenvalue weighted by atomic mass is 10.1. The Morgan fingerprint density at radius 1 is 1.14 bits per heavy atom. The molecule has 0 fully saturated rings. The van der Waals surface area contributed by atoms with Crippen molar-refractivity contribution in [1.29, 1.82) is 0 Å². The number of rotatable bonds is 4. The molecule has 1 aromatic rings. The summed E-state index contributed by atoms with van der Waals surface area (Å²) in [7, 11) is -1.14. The third-order valence-corrected chi connectivity index (χ3v) is 4.70. The first-order chi connectivity index (χ1) is 9.85. The normalized spacial score (nSPS) is 25.8. The van der Waals surface area contributed by atoms with Gasteiger partial charge < -0.3 is 0 Å². The Balaban J connectivity index is 2.19. The van der Waals surface area contributed by atoms with E-state index in [1.165, 1.54) is 17.1 Å². The van der Waals surface area contributed by atoms with Crippen LogP contribution in [0.3, 0.4) is 0 Å².